The van der Waals surface area contributed by atoms with E-state index in [9.17, 15) is 4.79 Å². The molecule has 2 aromatic rings. The second kappa shape index (κ2) is 7.64. The number of ether oxygens (including phenoxy) is 1. The Morgan fingerprint density at radius 3 is 2.50 bits per heavy atom. The Morgan fingerprint density at radius 2 is 1.82 bits per heavy atom. The van der Waals surface area contributed by atoms with E-state index in [1.54, 1.807) is 7.11 Å². The van der Waals surface area contributed by atoms with Crippen molar-refractivity contribution in [3.8, 4) is 5.75 Å². The molecule has 0 bridgehead atoms. The lowest BCUT2D eigenvalue weighted by Gasteiger charge is -2.17. The van der Waals surface area contributed by atoms with Gasteiger partial charge >= 0.3 is 0 Å². The first kappa shape index (κ1) is 16.1. The van der Waals surface area contributed by atoms with Crippen molar-refractivity contribution < 1.29 is 9.53 Å². The van der Waals surface area contributed by atoms with Crippen molar-refractivity contribution in [1.82, 2.24) is 5.32 Å². The number of rotatable bonds is 6. The third-order valence-electron chi connectivity index (χ3n) is 3.74. The molecule has 0 radical (unpaired) electrons. The molecule has 0 spiro atoms. The Kier molecular flexibility index (Phi) is 5.59. The number of methoxy groups -OCH3 is 1. The van der Waals surface area contributed by atoms with Crippen molar-refractivity contribution in [2.24, 2.45) is 0 Å². The van der Waals surface area contributed by atoms with E-state index in [0.717, 1.165) is 17.7 Å². The van der Waals surface area contributed by atoms with Gasteiger partial charge in [-0.25, -0.2) is 0 Å². The minimum absolute atomic E-state index is 0.0546. The van der Waals surface area contributed by atoms with E-state index in [1.165, 1.54) is 11.1 Å². The van der Waals surface area contributed by atoms with Gasteiger partial charge in [-0.3, -0.25) is 4.79 Å². The Bertz CT molecular complexity index is 620. The number of hydrogen-bond acceptors (Lipinski definition) is 2. The number of carbonyl (C=O) groups excluding carboxylic acids is 1. The third kappa shape index (κ3) is 4.35. The molecule has 0 fully saturated rings. The third-order valence-corrected chi connectivity index (χ3v) is 3.74. The summed E-state index contributed by atoms with van der Waals surface area (Å²) in [5.74, 6) is 0.854. The highest BCUT2D eigenvalue weighted by Crippen LogP contribution is 2.24. The van der Waals surface area contributed by atoms with Crippen molar-refractivity contribution in [3.63, 3.8) is 0 Å². The fraction of sp³-hybridized carbons (Fsp3) is 0.316. The first-order valence-electron chi connectivity index (χ1n) is 7.58. The second-order valence-corrected chi connectivity index (χ2v) is 5.52. The SMILES string of the molecule is COc1ccccc1C(C)NC(=O)CCc1ccc(C)cc1. The minimum atomic E-state index is -0.0679. The number of carbonyl (C=O) groups is 1. The van der Waals surface area contributed by atoms with Gasteiger partial charge in [0.25, 0.3) is 0 Å². The normalized spacial score (nSPS) is 11.8. The molecule has 22 heavy (non-hydrogen) atoms. The van der Waals surface area contributed by atoms with Crippen LogP contribution in [0, 0.1) is 6.92 Å². The molecule has 1 unspecified atom stereocenters. The van der Waals surface area contributed by atoms with Crippen molar-refractivity contribution in [1.29, 1.82) is 0 Å². The first-order valence-corrected chi connectivity index (χ1v) is 7.58. The largest absolute Gasteiger partial charge is 0.496 e. The average Bonchev–Trinajstić information content (AvgIpc) is 2.54. The Labute approximate surface area is 132 Å². The standard InChI is InChI=1S/C19H23NO2/c1-14-8-10-16(11-9-14)12-13-19(21)20-15(2)17-6-4-5-7-18(17)22-3/h4-11,15H,12-13H2,1-3H3,(H,20,21). The summed E-state index contributed by atoms with van der Waals surface area (Å²) >= 11 is 0. The molecule has 2 rings (SSSR count). The number of hydrogen-bond donors (Lipinski definition) is 1. The molecule has 3 heteroatoms. The lowest BCUT2D eigenvalue weighted by molar-refractivity contribution is -0.121. The molecule has 0 heterocycles. The van der Waals surface area contributed by atoms with Gasteiger partial charge in [0.05, 0.1) is 13.2 Å². The predicted molar refractivity (Wildman–Crippen MR) is 89.1 cm³/mol. The Balaban J connectivity index is 1.90. The molecule has 1 atom stereocenters. The summed E-state index contributed by atoms with van der Waals surface area (Å²) < 4.78 is 5.34. The highest BCUT2D eigenvalue weighted by Gasteiger charge is 2.13. The highest BCUT2D eigenvalue weighted by molar-refractivity contribution is 5.76. The zero-order valence-corrected chi connectivity index (χ0v) is 13.4. The molecule has 116 valence electrons. The van der Waals surface area contributed by atoms with Gasteiger partial charge < -0.3 is 10.1 Å². The maximum atomic E-state index is 12.1. The summed E-state index contributed by atoms with van der Waals surface area (Å²) in [5, 5.41) is 3.03. The van der Waals surface area contributed by atoms with Gasteiger partial charge in [0.1, 0.15) is 5.75 Å². The zero-order chi connectivity index (χ0) is 15.9. The number of nitrogens with one attached hydrogen (secondary N) is 1. The topological polar surface area (TPSA) is 38.3 Å². The monoisotopic (exact) mass is 297 g/mol. The maximum Gasteiger partial charge on any atom is 0.220 e. The van der Waals surface area contributed by atoms with Crippen LogP contribution in [0.4, 0.5) is 0 Å². The minimum Gasteiger partial charge on any atom is -0.496 e. The summed E-state index contributed by atoms with van der Waals surface area (Å²) in [6, 6.07) is 16.0. The molecule has 3 nitrogen and oxygen atoms in total. The molecule has 0 saturated heterocycles. The summed E-state index contributed by atoms with van der Waals surface area (Å²) in [5.41, 5.74) is 3.41. The van der Waals surface area contributed by atoms with Crippen LogP contribution in [0.3, 0.4) is 0 Å². The van der Waals surface area contributed by atoms with E-state index >= 15 is 0 Å². The van der Waals surface area contributed by atoms with Crippen molar-refractivity contribution in [3.05, 3.63) is 65.2 Å². The van der Waals surface area contributed by atoms with Gasteiger partial charge in [-0.1, -0.05) is 48.0 Å². The van der Waals surface area contributed by atoms with E-state index in [-0.39, 0.29) is 11.9 Å². The van der Waals surface area contributed by atoms with Crippen LogP contribution in [0.5, 0.6) is 5.75 Å². The van der Waals surface area contributed by atoms with Gasteiger partial charge in [0.15, 0.2) is 0 Å². The molecule has 0 aliphatic rings. The van der Waals surface area contributed by atoms with Crippen LogP contribution in [0.1, 0.15) is 36.1 Å². The quantitative estimate of drug-likeness (QED) is 0.880. The van der Waals surface area contributed by atoms with Crippen LogP contribution in [-0.4, -0.2) is 13.0 Å². The van der Waals surface area contributed by atoms with E-state index in [4.69, 9.17) is 4.74 Å². The van der Waals surface area contributed by atoms with Gasteiger partial charge in [0.2, 0.25) is 5.91 Å². The van der Waals surface area contributed by atoms with Crippen molar-refractivity contribution in [2.45, 2.75) is 32.7 Å². The first-order chi connectivity index (χ1) is 10.6. The van der Waals surface area contributed by atoms with E-state index in [0.29, 0.717) is 6.42 Å². The molecule has 2 aromatic carbocycles. The number of amides is 1. The van der Waals surface area contributed by atoms with E-state index < -0.39 is 0 Å². The van der Waals surface area contributed by atoms with Gasteiger partial charge in [0, 0.05) is 12.0 Å². The van der Waals surface area contributed by atoms with Gasteiger partial charge in [-0.15, -0.1) is 0 Å². The smallest absolute Gasteiger partial charge is 0.220 e. The predicted octanol–water partition coefficient (Wildman–Crippen LogP) is 3.81. The van der Waals surface area contributed by atoms with E-state index in [2.05, 4.69) is 36.5 Å². The van der Waals surface area contributed by atoms with Crippen LogP contribution < -0.4 is 10.1 Å². The molecule has 0 aliphatic carbocycles. The molecular weight excluding hydrogens is 274 g/mol. The fourth-order valence-electron chi connectivity index (χ4n) is 2.43. The summed E-state index contributed by atoms with van der Waals surface area (Å²) in [6.07, 6.45) is 1.24. The molecule has 0 aliphatic heterocycles. The van der Waals surface area contributed by atoms with Crippen molar-refractivity contribution in [2.75, 3.05) is 7.11 Å². The Hall–Kier alpha value is -2.29. The van der Waals surface area contributed by atoms with Crippen LogP contribution >= 0.6 is 0 Å². The Morgan fingerprint density at radius 1 is 1.14 bits per heavy atom. The molecular formula is C19H23NO2. The lowest BCUT2D eigenvalue weighted by Crippen LogP contribution is -2.27. The lowest BCUT2D eigenvalue weighted by atomic mass is 10.1. The number of benzene rings is 2. The summed E-state index contributed by atoms with van der Waals surface area (Å²) in [4.78, 5) is 12.1. The summed E-state index contributed by atoms with van der Waals surface area (Å²) in [7, 11) is 1.64. The van der Waals surface area contributed by atoms with Crippen LogP contribution in [0.2, 0.25) is 0 Å². The van der Waals surface area contributed by atoms with E-state index in [1.807, 2.05) is 31.2 Å². The average molecular weight is 297 g/mol. The van der Waals surface area contributed by atoms with Crippen LogP contribution in [0.15, 0.2) is 48.5 Å². The summed E-state index contributed by atoms with van der Waals surface area (Å²) in [6.45, 7) is 4.03. The second-order valence-electron chi connectivity index (χ2n) is 5.52. The fourth-order valence-corrected chi connectivity index (χ4v) is 2.43. The van der Waals surface area contributed by atoms with Crippen LogP contribution in [-0.2, 0) is 11.2 Å². The molecule has 0 aromatic heterocycles. The highest BCUT2D eigenvalue weighted by atomic mass is 16.5. The van der Waals surface area contributed by atoms with Crippen molar-refractivity contribution >= 4 is 5.91 Å². The molecule has 1 N–H and O–H groups in total. The molecule has 1 amide bonds. The van der Waals surface area contributed by atoms with Gasteiger partial charge in [-0.2, -0.15) is 0 Å². The zero-order valence-electron chi connectivity index (χ0n) is 13.4. The molecule has 0 saturated carbocycles. The maximum absolute atomic E-state index is 12.1. The van der Waals surface area contributed by atoms with Gasteiger partial charge in [-0.05, 0) is 31.9 Å². The number of aryl methyl sites for hydroxylation is 2. The van der Waals surface area contributed by atoms with Crippen LogP contribution in [0.25, 0.3) is 0 Å². The number of para-hydroxylation sites is 1.